The maximum Gasteiger partial charge on any atom is 0.156 e. The maximum atomic E-state index is 4.87. The molecule has 5 rings (SSSR count). The van der Waals surface area contributed by atoms with Gasteiger partial charge in [-0.3, -0.25) is 4.90 Å². The predicted molar refractivity (Wildman–Crippen MR) is 111 cm³/mol. The van der Waals surface area contributed by atoms with Crippen LogP contribution in [0.5, 0.6) is 0 Å². The number of hydrogen-bond acceptors (Lipinski definition) is 5. The molecule has 0 amide bonds. The Morgan fingerprint density at radius 3 is 2.78 bits per heavy atom. The molecule has 2 aliphatic rings. The highest BCUT2D eigenvalue weighted by Crippen LogP contribution is 2.28. The summed E-state index contributed by atoms with van der Waals surface area (Å²) in [5.74, 6) is 1.45. The number of nitrogens with zero attached hydrogens (tertiary/aromatic N) is 5. The minimum atomic E-state index is 0.440. The molecule has 3 aromatic heterocycles. The standard InChI is InChI=1S/C21H27N5S/c1-16-6-8-19(27-16)15-24-10-4-5-17(13-24)21-22-20-9-7-18(14-26(20)23-21)25-11-2-3-12-25/h6-9,14,17H,2-5,10-13,15H2,1H3/t17-/m0/s1. The third kappa shape index (κ3) is 3.60. The summed E-state index contributed by atoms with van der Waals surface area (Å²) in [5, 5.41) is 4.87. The number of pyridine rings is 1. The Kier molecular flexibility index (Phi) is 4.61. The Morgan fingerprint density at radius 2 is 1.96 bits per heavy atom. The Hall–Kier alpha value is -1.92. The lowest BCUT2D eigenvalue weighted by atomic mass is 9.97. The smallest absolute Gasteiger partial charge is 0.156 e. The van der Waals surface area contributed by atoms with E-state index >= 15 is 0 Å². The molecule has 0 saturated carbocycles. The molecule has 0 bridgehead atoms. The van der Waals surface area contributed by atoms with Gasteiger partial charge in [0.1, 0.15) is 0 Å². The van der Waals surface area contributed by atoms with Crippen molar-refractivity contribution in [3.8, 4) is 0 Å². The highest BCUT2D eigenvalue weighted by atomic mass is 32.1. The van der Waals surface area contributed by atoms with Crippen LogP contribution in [0.15, 0.2) is 30.5 Å². The third-order valence-corrected chi connectivity index (χ3v) is 6.83. The van der Waals surface area contributed by atoms with Crippen LogP contribution in [0.25, 0.3) is 5.65 Å². The topological polar surface area (TPSA) is 36.7 Å². The Bertz CT molecular complexity index is 924. The van der Waals surface area contributed by atoms with E-state index in [0.717, 1.165) is 37.7 Å². The average Bonchev–Trinajstić information content (AvgIpc) is 3.42. The molecule has 0 aromatic carbocycles. The third-order valence-electron chi connectivity index (χ3n) is 5.85. The first-order valence-corrected chi connectivity index (χ1v) is 11.0. The fraction of sp³-hybridized carbons (Fsp3) is 0.524. The van der Waals surface area contributed by atoms with Crippen LogP contribution in [0.4, 0.5) is 5.69 Å². The predicted octanol–water partition coefficient (Wildman–Crippen LogP) is 4.08. The van der Waals surface area contributed by atoms with Crippen LogP contribution in [0.1, 0.15) is 47.2 Å². The number of rotatable bonds is 4. The quantitative estimate of drug-likeness (QED) is 0.682. The van der Waals surface area contributed by atoms with E-state index in [1.807, 2.05) is 15.9 Å². The van der Waals surface area contributed by atoms with E-state index < -0.39 is 0 Å². The molecular weight excluding hydrogens is 354 g/mol. The van der Waals surface area contributed by atoms with Crippen LogP contribution in [-0.4, -0.2) is 45.7 Å². The normalized spacial score (nSPS) is 21.4. The highest BCUT2D eigenvalue weighted by Gasteiger charge is 2.25. The molecule has 3 aromatic rings. The minimum Gasteiger partial charge on any atom is -0.370 e. The second-order valence-corrected chi connectivity index (χ2v) is 9.31. The van der Waals surface area contributed by atoms with Gasteiger partial charge in [-0.25, -0.2) is 9.50 Å². The first-order chi connectivity index (χ1) is 13.2. The molecule has 0 unspecified atom stereocenters. The molecule has 0 radical (unpaired) electrons. The summed E-state index contributed by atoms with van der Waals surface area (Å²) in [6, 6.07) is 8.82. The second-order valence-electron chi connectivity index (χ2n) is 7.94. The lowest BCUT2D eigenvalue weighted by molar-refractivity contribution is 0.198. The molecule has 0 N–H and O–H groups in total. The number of fused-ring (bicyclic) bond motifs is 1. The number of hydrogen-bond donors (Lipinski definition) is 0. The first kappa shape index (κ1) is 17.2. The van der Waals surface area contributed by atoms with Crippen molar-refractivity contribution in [1.82, 2.24) is 19.5 Å². The summed E-state index contributed by atoms with van der Waals surface area (Å²) < 4.78 is 1.99. The van der Waals surface area contributed by atoms with Crippen LogP contribution in [0.2, 0.25) is 0 Å². The van der Waals surface area contributed by atoms with Crippen LogP contribution in [-0.2, 0) is 6.54 Å². The van der Waals surface area contributed by atoms with E-state index in [4.69, 9.17) is 10.1 Å². The van der Waals surface area contributed by atoms with Crippen LogP contribution in [0.3, 0.4) is 0 Å². The van der Waals surface area contributed by atoms with Crippen molar-refractivity contribution in [3.63, 3.8) is 0 Å². The lowest BCUT2D eigenvalue weighted by Crippen LogP contribution is -2.34. The van der Waals surface area contributed by atoms with E-state index in [1.54, 1.807) is 0 Å². The van der Waals surface area contributed by atoms with E-state index in [1.165, 1.54) is 47.7 Å². The monoisotopic (exact) mass is 381 g/mol. The number of likely N-dealkylation sites (tertiary alicyclic amines) is 1. The zero-order chi connectivity index (χ0) is 18.2. The van der Waals surface area contributed by atoms with Gasteiger partial charge in [-0.2, -0.15) is 5.10 Å². The molecule has 142 valence electrons. The van der Waals surface area contributed by atoms with Crippen LogP contribution < -0.4 is 4.90 Å². The van der Waals surface area contributed by atoms with Gasteiger partial charge in [0.05, 0.1) is 11.9 Å². The number of thiophene rings is 1. The second kappa shape index (κ2) is 7.24. The summed E-state index contributed by atoms with van der Waals surface area (Å²) in [7, 11) is 0. The highest BCUT2D eigenvalue weighted by molar-refractivity contribution is 7.11. The lowest BCUT2D eigenvalue weighted by Gasteiger charge is -2.30. The largest absolute Gasteiger partial charge is 0.370 e. The van der Waals surface area contributed by atoms with E-state index in [-0.39, 0.29) is 0 Å². The molecule has 0 spiro atoms. The van der Waals surface area contributed by atoms with Crippen LogP contribution >= 0.6 is 11.3 Å². The molecule has 5 nitrogen and oxygen atoms in total. The van der Waals surface area contributed by atoms with Gasteiger partial charge in [0.15, 0.2) is 11.5 Å². The summed E-state index contributed by atoms with van der Waals surface area (Å²) >= 11 is 1.91. The van der Waals surface area contributed by atoms with Crippen molar-refractivity contribution in [3.05, 3.63) is 46.0 Å². The van der Waals surface area contributed by atoms with Gasteiger partial charge in [0.25, 0.3) is 0 Å². The van der Waals surface area contributed by atoms with Gasteiger partial charge in [-0.05, 0) is 63.4 Å². The molecular formula is C21H27N5S. The summed E-state index contributed by atoms with van der Waals surface area (Å²) in [6.07, 6.45) is 7.16. The molecule has 27 heavy (non-hydrogen) atoms. The molecule has 2 fully saturated rings. The summed E-state index contributed by atoms with van der Waals surface area (Å²) in [4.78, 5) is 12.7. The van der Waals surface area contributed by atoms with Crippen LogP contribution in [0, 0.1) is 6.92 Å². The SMILES string of the molecule is Cc1ccc(CN2CCC[C@H](c3nc4ccc(N5CCCC5)cn4n3)C2)s1. The van der Waals surface area contributed by atoms with E-state index in [2.05, 4.69) is 47.2 Å². The van der Waals surface area contributed by atoms with Crippen molar-refractivity contribution < 1.29 is 0 Å². The van der Waals surface area contributed by atoms with Crippen molar-refractivity contribution in [2.24, 2.45) is 0 Å². The van der Waals surface area contributed by atoms with Gasteiger partial charge in [-0.1, -0.05) is 0 Å². The number of aryl methyl sites for hydroxylation is 1. The average molecular weight is 382 g/mol. The molecule has 1 atom stereocenters. The molecule has 2 aliphatic heterocycles. The first-order valence-electron chi connectivity index (χ1n) is 10.1. The molecule has 0 aliphatic carbocycles. The minimum absolute atomic E-state index is 0.440. The number of aromatic nitrogens is 3. The van der Waals surface area contributed by atoms with Gasteiger partial charge in [-0.15, -0.1) is 11.3 Å². The zero-order valence-electron chi connectivity index (χ0n) is 16.0. The summed E-state index contributed by atoms with van der Waals surface area (Å²) in [6.45, 7) is 7.80. The number of anilines is 1. The van der Waals surface area contributed by atoms with Crippen molar-refractivity contribution in [1.29, 1.82) is 0 Å². The van der Waals surface area contributed by atoms with Crippen molar-refractivity contribution in [2.45, 2.75) is 45.1 Å². The fourth-order valence-electron chi connectivity index (χ4n) is 4.43. The van der Waals surface area contributed by atoms with Gasteiger partial charge >= 0.3 is 0 Å². The van der Waals surface area contributed by atoms with Crippen molar-refractivity contribution in [2.75, 3.05) is 31.1 Å². The Balaban J connectivity index is 1.33. The fourth-order valence-corrected chi connectivity index (χ4v) is 5.36. The van der Waals surface area contributed by atoms with Crippen molar-refractivity contribution >= 4 is 22.7 Å². The van der Waals surface area contributed by atoms with E-state index in [0.29, 0.717) is 5.92 Å². The van der Waals surface area contributed by atoms with Gasteiger partial charge in [0, 0.05) is 41.9 Å². The number of piperidine rings is 1. The Morgan fingerprint density at radius 1 is 1.07 bits per heavy atom. The van der Waals surface area contributed by atoms with Gasteiger partial charge < -0.3 is 4.90 Å². The molecule has 6 heteroatoms. The summed E-state index contributed by atoms with van der Waals surface area (Å²) in [5.41, 5.74) is 2.24. The zero-order valence-corrected chi connectivity index (χ0v) is 16.8. The van der Waals surface area contributed by atoms with E-state index in [9.17, 15) is 0 Å². The maximum absolute atomic E-state index is 4.87. The Labute approximate surface area is 164 Å². The van der Waals surface area contributed by atoms with Gasteiger partial charge in [0.2, 0.25) is 0 Å². The molecule has 5 heterocycles. The molecule has 2 saturated heterocycles.